The number of rotatable bonds is 11. The molecule has 0 aliphatic heterocycles. The number of carbonyl (C=O) groups is 3. The molecular formula is C25H49N5O4. The molecule has 1 rings (SSSR count). The summed E-state index contributed by atoms with van der Waals surface area (Å²) in [5, 5.41) is 8.08. The number of unbranched alkanes of at least 4 members (excludes halogenated alkanes) is 1. The van der Waals surface area contributed by atoms with Crippen LogP contribution in [-0.4, -0.2) is 63.7 Å². The number of carbonyl (C=O) groups excluding carboxylic acids is 3. The second-order valence-corrected chi connectivity index (χ2v) is 6.91. The monoisotopic (exact) mass is 483 g/mol. The third kappa shape index (κ3) is 18.0. The molecule has 3 atom stereocenters. The number of ether oxygens (including phenoxy) is 1. The van der Waals surface area contributed by atoms with Crippen LogP contribution in [0.15, 0.2) is 30.3 Å². The van der Waals surface area contributed by atoms with Gasteiger partial charge in [0.1, 0.15) is 12.1 Å². The van der Waals surface area contributed by atoms with Crippen LogP contribution in [0.4, 0.5) is 0 Å². The van der Waals surface area contributed by atoms with E-state index < -0.39 is 35.9 Å². The number of hydrogen-bond acceptors (Lipinski definition) is 7. The molecule has 7 N–H and O–H groups in total. The van der Waals surface area contributed by atoms with Crippen molar-refractivity contribution in [1.29, 1.82) is 0 Å². The molecule has 9 heteroatoms. The average molecular weight is 484 g/mol. The molecule has 0 heterocycles. The first-order valence-corrected chi connectivity index (χ1v) is 12.1. The zero-order chi connectivity index (χ0) is 26.9. The van der Waals surface area contributed by atoms with Crippen LogP contribution in [0.5, 0.6) is 0 Å². The van der Waals surface area contributed by atoms with Crippen LogP contribution in [0.3, 0.4) is 0 Å². The van der Waals surface area contributed by atoms with E-state index in [1.54, 1.807) is 0 Å². The summed E-state index contributed by atoms with van der Waals surface area (Å²) in [6.45, 7) is 10.0. The molecule has 0 aliphatic carbocycles. The molecule has 0 saturated carbocycles. The van der Waals surface area contributed by atoms with Gasteiger partial charge in [-0.05, 0) is 52.4 Å². The van der Waals surface area contributed by atoms with E-state index in [9.17, 15) is 14.4 Å². The van der Waals surface area contributed by atoms with E-state index in [-0.39, 0.29) is 6.42 Å². The Morgan fingerprint density at radius 3 is 1.85 bits per heavy atom. The van der Waals surface area contributed by atoms with Gasteiger partial charge in [0.15, 0.2) is 0 Å². The zero-order valence-corrected chi connectivity index (χ0v) is 22.4. The smallest absolute Gasteiger partial charge is 0.328 e. The van der Waals surface area contributed by atoms with Crippen molar-refractivity contribution in [3.05, 3.63) is 35.9 Å². The minimum atomic E-state index is -0.854. The standard InChI is InChI=1S/C19H30N4O4.C2H7N.2C2H6/c1-13(21)17(24)23-16(12-14-8-4-3-5-9-14)18(25)22-15(19(26)27-2)10-6-7-11-20;1-3-2;2*1-2/h3-5,8-9,13,15-16H,6-7,10-12,20-21H2,1-2H3,(H,22,25)(H,23,24);3H,1-2H3;2*1-2H3/t13-,15?,16-;;;/m0.../s1. The van der Waals surface area contributed by atoms with Gasteiger partial charge in [-0.25, -0.2) is 4.79 Å². The predicted molar refractivity (Wildman–Crippen MR) is 140 cm³/mol. The number of benzene rings is 1. The summed E-state index contributed by atoms with van der Waals surface area (Å²) < 4.78 is 4.77. The first-order valence-electron chi connectivity index (χ1n) is 12.1. The van der Waals surface area contributed by atoms with Crippen LogP contribution in [0.25, 0.3) is 0 Å². The van der Waals surface area contributed by atoms with Gasteiger partial charge in [0.2, 0.25) is 11.8 Å². The molecule has 1 unspecified atom stereocenters. The Morgan fingerprint density at radius 2 is 1.41 bits per heavy atom. The lowest BCUT2D eigenvalue weighted by atomic mass is 10.0. The molecule has 0 aliphatic rings. The Morgan fingerprint density at radius 1 is 0.912 bits per heavy atom. The van der Waals surface area contributed by atoms with Crippen LogP contribution in [-0.2, 0) is 25.5 Å². The van der Waals surface area contributed by atoms with Crippen LogP contribution in [0, 0.1) is 0 Å². The predicted octanol–water partition coefficient (Wildman–Crippen LogP) is 1.74. The quantitative estimate of drug-likeness (QED) is 0.238. The third-order valence-electron chi connectivity index (χ3n) is 4.08. The van der Waals surface area contributed by atoms with Crippen LogP contribution < -0.4 is 27.4 Å². The Balaban J connectivity index is -0.00000124. The van der Waals surface area contributed by atoms with E-state index >= 15 is 0 Å². The summed E-state index contributed by atoms with van der Waals surface area (Å²) in [6.07, 6.45) is 2.10. The van der Waals surface area contributed by atoms with Gasteiger partial charge < -0.3 is 32.2 Å². The highest BCUT2D eigenvalue weighted by molar-refractivity contribution is 5.92. The summed E-state index contributed by atoms with van der Waals surface area (Å²) in [5.41, 5.74) is 12.0. The molecule has 1 aromatic carbocycles. The highest BCUT2D eigenvalue weighted by Gasteiger charge is 2.27. The molecule has 0 spiro atoms. The lowest BCUT2D eigenvalue weighted by Gasteiger charge is -2.23. The third-order valence-corrected chi connectivity index (χ3v) is 4.08. The fraction of sp³-hybridized carbons (Fsp3) is 0.640. The van der Waals surface area contributed by atoms with Gasteiger partial charge in [-0.3, -0.25) is 9.59 Å². The summed E-state index contributed by atoms with van der Waals surface area (Å²) in [6, 6.07) is 6.88. The topological polar surface area (TPSA) is 149 Å². The maximum absolute atomic E-state index is 12.8. The van der Waals surface area contributed by atoms with Crippen molar-refractivity contribution in [2.45, 2.75) is 78.4 Å². The number of methoxy groups -OCH3 is 1. The molecule has 198 valence electrons. The average Bonchev–Trinajstić information content (AvgIpc) is 2.86. The van der Waals surface area contributed by atoms with Gasteiger partial charge in [0.05, 0.1) is 13.2 Å². The molecule has 2 amide bonds. The van der Waals surface area contributed by atoms with Crippen molar-refractivity contribution < 1.29 is 19.1 Å². The van der Waals surface area contributed by atoms with Gasteiger partial charge in [0.25, 0.3) is 0 Å². The van der Waals surface area contributed by atoms with Gasteiger partial charge >= 0.3 is 5.97 Å². The molecule has 0 radical (unpaired) electrons. The summed E-state index contributed by atoms with van der Waals surface area (Å²) in [4.78, 5) is 36.8. The molecule has 9 nitrogen and oxygen atoms in total. The highest BCUT2D eigenvalue weighted by Crippen LogP contribution is 2.07. The number of nitrogens with one attached hydrogen (secondary N) is 3. The Labute approximate surface area is 206 Å². The minimum absolute atomic E-state index is 0.280. The molecule has 34 heavy (non-hydrogen) atoms. The van der Waals surface area contributed by atoms with Crippen molar-refractivity contribution in [2.75, 3.05) is 27.7 Å². The van der Waals surface area contributed by atoms with E-state index in [0.29, 0.717) is 19.4 Å². The number of amides is 2. The summed E-state index contributed by atoms with van der Waals surface area (Å²) >= 11 is 0. The number of hydrogen-bond donors (Lipinski definition) is 5. The van der Waals surface area contributed by atoms with E-state index in [1.165, 1.54) is 14.0 Å². The Hall–Kier alpha value is -2.49. The van der Waals surface area contributed by atoms with Gasteiger partial charge in [-0.2, -0.15) is 0 Å². The Kier molecular flexibility index (Phi) is 26.7. The summed E-state index contributed by atoms with van der Waals surface area (Å²) in [5.74, 6) is -1.43. The maximum Gasteiger partial charge on any atom is 0.328 e. The largest absolute Gasteiger partial charge is 0.467 e. The molecule has 0 bridgehead atoms. The minimum Gasteiger partial charge on any atom is -0.467 e. The summed E-state index contributed by atoms with van der Waals surface area (Å²) in [7, 11) is 5.02. The molecule has 0 fully saturated rings. The zero-order valence-electron chi connectivity index (χ0n) is 22.4. The van der Waals surface area contributed by atoms with E-state index in [2.05, 4.69) is 16.0 Å². The van der Waals surface area contributed by atoms with E-state index in [1.807, 2.05) is 72.1 Å². The number of esters is 1. The van der Waals surface area contributed by atoms with Crippen molar-refractivity contribution in [1.82, 2.24) is 16.0 Å². The van der Waals surface area contributed by atoms with Crippen molar-refractivity contribution in [2.24, 2.45) is 11.5 Å². The maximum atomic E-state index is 12.8. The molecule has 0 saturated heterocycles. The van der Waals surface area contributed by atoms with Crippen LogP contribution in [0.2, 0.25) is 0 Å². The normalized spacial score (nSPS) is 11.9. The lowest BCUT2D eigenvalue weighted by molar-refractivity contribution is -0.145. The molecular weight excluding hydrogens is 434 g/mol. The number of nitrogens with two attached hydrogens (primary N) is 2. The van der Waals surface area contributed by atoms with Crippen molar-refractivity contribution >= 4 is 17.8 Å². The van der Waals surface area contributed by atoms with E-state index in [4.69, 9.17) is 16.2 Å². The fourth-order valence-electron chi connectivity index (χ4n) is 2.52. The molecule has 0 aromatic heterocycles. The SMILES string of the molecule is CC.CC.CNC.COC(=O)C(CCCCN)NC(=O)[C@H](Cc1ccccc1)NC(=O)[C@H](C)N. The van der Waals surface area contributed by atoms with Gasteiger partial charge in [-0.15, -0.1) is 0 Å². The lowest BCUT2D eigenvalue weighted by Crippen LogP contribution is -2.55. The van der Waals surface area contributed by atoms with Crippen molar-refractivity contribution in [3.63, 3.8) is 0 Å². The first kappa shape index (κ1) is 36.1. The van der Waals surface area contributed by atoms with Crippen LogP contribution in [0.1, 0.15) is 59.4 Å². The van der Waals surface area contributed by atoms with Crippen molar-refractivity contribution in [3.8, 4) is 0 Å². The molecule has 1 aromatic rings. The first-order chi connectivity index (χ1) is 16.3. The van der Waals surface area contributed by atoms with E-state index in [0.717, 1.165) is 12.0 Å². The van der Waals surface area contributed by atoms with Gasteiger partial charge in [0, 0.05) is 6.42 Å². The fourth-order valence-corrected chi connectivity index (χ4v) is 2.52. The second kappa shape index (κ2) is 25.1. The van der Waals surface area contributed by atoms with Gasteiger partial charge in [-0.1, -0.05) is 58.0 Å². The Bertz CT molecular complexity index is 627. The second-order valence-electron chi connectivity index (χ2n) is 6.91. The van der Waals surface area contributed by atoms with Crippen LogP contribution >= 0.6 is 0 Å². The highest BCUT2D eigenvalue weighted by atomic mass is 16.5.